The number of nitrogen functional groups attached to an aromatic ring is 1. The van der Waals surface area contributed by atoms with Crippen molar-refractivity contribution in [2.45, 2.75) is 0 Å². The van der Waals surface area contributed by atoms with Crippen molar-refractivity contribution in [3.8, 4) is 0 Å². The number of nitrogens with two attached hydrogens (primary N) is 1. The first-order valence-electron chi connectivity index (χ1n) is 3.83. The number of likely N-dealkylation sites (N-methyl/N-ethyl adjacent to an activating group) is 1. The Balaban J connectivity index is 2.69. The SMILES string of the molecule is CNC(=O)/C=C/c1ccc(N)nc1. The van der Waals surface area contributed by atoms with Crippen LogP contribution in [0.5, 0.6) is 0 Å². The topological polar surface area (TPSA) is 68.0 Å². The van der Waals surface area contributed by atoms with E-state index in [1.807, 2.05) is 0 Å². The predicted molar refractivity (Wildman–Crippen MR) is 51.8 cm³/mol. The number of carbonyl (C=O) groups excluding carboxylic acids is 1. The molecule has 4 heteroatoms. The maximum absolute atomic E-state index is 10.8. The second-order valence-electron chi connectivity index (χ2n) is 2.46. The van der Waals surface area contributed by atoms with E-state index in [9.17, 15) is 4.79 Å². The Morgan fingerprint density at radius 2 is 2.38 bits per heavy atom. The number of rotatable bonds is 2. The summed E-state index contributed by atoms with van der Waals surface area (Å²) in [6.45, 7) is 0. The molecule has 0 unspecified atom stereocenters. The van der Waals surface area contributed by atoms with Gasteiger partial charge in [0.25, 0.3) is 0 Å². The quantitative estimate of drug-likeness (QED) is 0.643. The number of carbonyl (C=O) groups is 1. The smallest absolute Gasteiger partial charge is 0.243 e. The number of hydrogen-bond donors (Lipinski definition) is 2. The molecule has 0 bridgehead atoms. The van der Waals surface area contributed by atoms with Crippen molar-refractivity contribution in [2.24, 2.45) is 0 Å². The zero-order valence-electron chi connectivity index (χ0n) is 7.32. The molecule has 0 saturated heterocycles. The van der Waals surface area contributed by atoms with Crippen LogP contribution in [0.2, 0.25) is 0 Å². The fourth-order valence-corrected chi connectivity index (χ4v) is 0.771. The molecule has 1 aromatic rings. The molecule has 4 nitrogen and oxygen atoms in total. The highest BCUT2D eigenvalue weighted by Crippen LogP contribution is 2.02. The van der Waals surface area contributed by atoms with Crippen LogP contribution >= 0.6 is 0 Å². The molecule has 0 aliphatic heterocycles. The number of hydrogen-bond acceptors (Lipinski definition) is 3. The standard InChI is InChI=1S/C9H11N3O/c1-11-9(13)5-3-7-2-4-8(10)12-6-7/h2-6H,1H3,(H2,10,12)(H,11,13)/b5-3+. The number of nitrogens with zero attached hydrogens (tertiary/aromatic N) is 1. The minimum Gasteiger partial charge on any atom is -0.384 e. The third-order valence-corrected chi connectivity index (χ3v) is 1.48. The number of pyridine rings is 1. The fourth-order valence-electron chi connectivity index (χ4n) is 0.771. The van der Waals surface area contributed by atoms with E-state index < -0.39 is 0 Å². The van der Waals surface area contributed by atoms with Gasteiger partial charge in [-0.2, -0.15) is 0 Å². The van der Waals surface area contributed by atoms with Gasteiger partial charge >= 0.3 is 0 Å². The van der Waals surface area contributed by atoms with E-state index in [0.29, 0.717) is 5.82 Å². The molecule has 0 radical (unpaired) electrons. The highest BCUT2D eigenvalue weighted by Gasteiger charge is 1.90. The molecule has 1 heterocycles. The maximum atomic E-state index is 10.8. The van der Waals surface area contributed by atoms with Crippen LogP contribution in [0, 0.1) is 0 Å². The lowest BCUT2D eigenvalue weighted by atomic mass is 10.2. The van der Waals surface area contributed by atoms with Gasteiger partial charge in [0, 0.05) is 19.3 Å². The van der Waals surface area contributed by atoms with Crippen LogP contribution in [-0.2, 0) is 4.79 Å². The Labute approximate surface area is 76.5 Å². The van der Waals surface area contributed by atoms with E-state index in [1.54, 1.807) is 31.5 Å². The molecule has 68 valence electrons. The van der Waals surface area contributed by atoms with Crippen LogP contribution < -0.4 is 11.1 Å². The largest absolute Gasteiger partial charge is 0.384 e. The van der Waals surface area contributed by atoms with E-state index in [1.165, 1.54) is 6.08 Å². The van der Waals surface area contributed by atoms with Crippen LogP contribution in [0.4, 0.5) is 5.82 Å². The number of nitrogens with one attached hydrogen (secondary N) is 1. The number of aromatic nitrogens is 1. The van der Waals surface area contributed by atoms with Gasteiger partial charge in [0.05, 0.1) is 0 Å². The summed E-state index contributed by atoms with van der Waals surface area (Å²) >= 11 is 0. The third-order valence-electron chi connectivity index (χ3n) is 1.48. The summed E-state index contributed by atoms with van der Waals surface area (Å²) in [5.74, 6) is 0.328. The number of anilines is 1. The van der Waals surface area contributed by atoms with Crippen molar-refractivity contribution < 1.29 is 4.79 Å². The first-order chi connectivity index (χ1) is 6.22. The van der Waals surface area contributed by atoms with Gasteiger partial charge in [-0.15, -0.1) is 0 Å². The van der Waals surface area contributed by atoms with Gasteiger partial charge in [0.1, 0.15) is 5.82 Å². The fraction of sp³-hybridized carbons (Fsp3) is 0.111. The van der Waals surface area contributed by atoms with Gasteiger partial charge in [-0.3, -0.25) is 4.79 Å². The highest BCUT2D eigenvalue weighted by atomic mass is 16.1. The summed E-state index contributed by atoms with van der Waals surface area (Å²) in [4.78, 5) is 14.7. The summed E-state index contributed by atoms with van der Waals surface area (Å²) in [6, 6.07) is 3.48. The van der Waals surface area contributed by atoms with E-state index in [0.717, 1.165) is 5.56 Å². The Morgan fingerprint density at radius 1 is 1.62 bits per heavy atom. The summed E-state index contributed by atoms with van der Waals surface area (Å²) in [7, 11) is 1.58. The Kier molecular flexibility index (Phi) is 3.03. The van der Waals surface area contributed by atoms with Gasteiger partial charge in [0.15, 0.2) is 0 Å². The van der Waals surface area contributed by atoms with Crippen molar-refractivity contribution in [3.05, 3.63) is 30.0 Å². The second-order valence-corrected chi connectivity index (χ2v) is 2.46. The molecule has 0 spiro atoms. The maximum Gasteiger partial charge on any atom is 0.243 e. The first-order valence-corrected chi connectivity index (χ1v) is 3.83. The van der Waals surface area contributed by atoms with Crippen molar-refractivity contribution in [2.75, 3.05) is 12.8 Å². The molecule has 1 amide bonds. The molecule has 13 heavy (non-hydrogen) atoms. The third kappa shape index (κ3) is 2.94. The summed E-state index contributed by atoms with van der Waals surface area (Å²) in [6.07, 6.45) is 4.72. The van der Waals surface area contributed by atoms with Gasteiger partial charge in [-0.1, -0.05) is 0 Å². The monoisotopic (exact) mass is 177 g/mol. The minimum atomic E-state index is -0.142. The minimum absolute atomic E-state index is 0.142. The van der Waals surface area contributed by atoms with Gasteiger partial charge < -0.3 is 11.1 Å². The predicted octanol–water partition coefficient (Wildman–Crippen LogP) is 0.423. The second kappa shape index (κ2) is 4.25. The Morgan fingerprint density at radius 3 is 2.92 bits per heavy atom. The first kappa shape index (κ1) is 9.25. The van der Waals surface area contributed by atoms with E-state index in [4.69, 9.17) is 5.73 Å². The lowest BCUT2D eigenvalue weighted by molar-refractivity contribution is -0.115. The van der Waals surface area contributed by atoms with Crippen LogP contribution in [0.1, 0.15) is 5.56 Å². The van der Waals surface area contributed by atoms with Crippen molar-refractivity contribution >= 4 is 17.8 Å². The lowest BCUT2D eigenvalue weighted by Gasteiger charge is -1.93. The van der Waals surface area contributed by atoms with E-state index in [2.05, 4.69) is 10.3 Å². The van der Waals surface area contributed by atoms with Gasteiger partial charge in [-0.05, 0) is 23.8 Å². The lowest BCUT2D eigenvalue weighted by Crippen LogP contribution is -2.13. The van der Waals surface area contributed by atoms with Crippen LogP contribution in [-0.4, -0.2) is 17.9 Å². The molecule has 0 aliphatic carbocycles. The van der Waals surface area contributed by atoms with Crippen LogP contribution in [0.15, 0.2) is 24.4 Å². The molecule has 1 aromatic heterocycles. The molecule has 0 atom stereocenters. The molecular formula is C9H11N3O. The number of amides is 1. The summed E-state index contributed by atoms with van der Waals surface area (Å²) in [5.41, 5.74) is 6.24. The molecule has 1 rings (SSSR count). The molecule has 0 fully saturated rings. The highest BCUT2D eigenvalue weighted by molar-refractivity contribution is 5.91. The van der Waals surface area contributed by atoms with E-state index >= 15 is 0 Å². The molecule has 3 N–H and O–H groups in total. The molecule has 0 aliphatic rings. The van der Waals surface area contributed by atoms with E-state index in [-0.39, 0.29) is 5.91 Å². The van der Waals surface area contributed by atoms with Crippen molar-refractivity contribution in [1.29, 1.82) is 0 Å². The van der Waals surface area contributed by atoms with Crippen molar-refractivity contribution in [1.82, 2.24) is 10.3 Å². The Bertz CT molecular complexity index is 316. The van der Waals surface area contributed by atoms with Gasteiger partial charge in [0.2, 0.25) is 5.91 Å². The van der Waals surface area contributed by atoms with Crippen molar-refractivity contribution in [3.63, 3.8) is 0 Å². The molecule has 0 saturated carbocycles. The van der Waals surface area contributed by atoms with Crippen LogP contribution in [0.3, 0.4) is 0 Å². The normalized spacial score (nSPS) is 10.2. The van der Waals surface area contributed by atoms with Crippen LogP contribution in [0.25, 0.3) is 6.08 Å². The Hall–Kier alpha value is -1.84. The molecule has 0 aromatic carbocycles. The van der Waals surface area contributed by atoms with Gasteiger partial charge in [-0.25, -0.2) is 4.98 Å². The zero-order chi connectivity index (χ0) is 9.68. The molecular weight excluding hydrogens is 166 g/mol. The zero-order valence-corrected chi connectivity index (χ0v) is 7.32. The summed E-state index contributed by atoms with van der Waals surface area (Å²) in [5, 5.41) is 2.48. The average molecular weight is 177 g/mol. The average Bonchev–Trinajstić information content (AvgIpc) is 2.16. The summed E-state index contributed by atoms with van der Waals surface area (Å²) < 4.78 is 0.